The molecule has 4 rings (SSSR count). The van der Waals surface area contributed by atoms with E-state index in [0.717, 1.165) is 23.6 Å². The lowest BCUT2D eigenvalue weighted by atomic mass is 10.1. The van der Waals surface area contributed by atoms with Gasteiger partial charge in [-0.25, -0.2) is 8.42 Å². The summed E-state index contributed by atoms with van der Waals surface area (Å²) >= 11 is 0. The summed E-state index contributed by atoms with van der Waals surface area (Å²) in [6.07, 6.45) is 0. The quantitative estimate of drug-likeness (QED) is 0.755. The number of ether oxygens (including phenoxy) is 2. The second kappa shape index (κ2) is 7.81. The first-order valence-corrected chi connectivity index (χ1v) is 10.8. The Bertz CT molecular complexity index is 954. The van der Waals surface area contributed by atoms with E-state index in [1.54, 1.807) is 23.1 Å². The fourth-order valence-corrected chi connectivity index (χ4v) is 4.66. The number of carbonyl (C=O) groups excluding carboxylic acids is 1. The third-order valence-corrected chi connectivity index (χ3v) is 6.60. The molecule has 0 spiro atoms. The molecule has 0 aliphatic carbocycles. The number of carbonyl (C=O) groups is 1. The van der Waals surface area contributed by atoms with Gasteiger partial charge in [-0.1, -0.05) is 24.3 Å². The number of sulfone groups is 1. The van der Waals surface area contributed by atoms with Crippen LogP contribution in [0.15, 0.2) is 53.4 Å². The van der Waals surface area contributed by atoms with Crippen LogP contribution in [0, 0.1) is 0 Å². The maximum atomic E-state index is 12.5. The van der Waals surface area contributed by atoms with Gasteiger partial charge in [0, 0.05) is 32.7 Å². The number of piperazine rings is 1. The first-order valence-electron chi connectivity index (χ1n) is 9.18. The van der Waals surface area contributed by atoms with Gasteiger partial charge in [0.05, 0.1) is 4.90 Å². The second-order valence-electron chi connectivity index (χ2n) is 6.92. The summed E-state index contributed by atoms with van der Waals surface area (Å²) in [5, 5.41) is 0. The molecule has 8 heteroatoms. The van der Waals surface area contributed by atoms with Gasteiger partial charge >= 0.3 is 0 Å². The predicted molar refractivity (Wildman–Crippen MR) is 103 cm³/mol. The monoisotopic (exact) mass is 402 g/mol. The molecular formula is C20H22N2O5S. The Morgan fingerprint density at radius 3 is 2.39 bits per heavy atom. The van der Waals surface area contributed by atoms with E-state index in [9.17, 15) is 13.2 Å². The Morgan fingerprint density at radius 1 is 0.929 bits per heavy atom. The van der Waals surface area contributed by atoms with Gasteiger partial charge in [0.1, 0.15) is 5.75 Å². The minimum atomic E-state index is -3.61. The highest BCUT2D eigenvalue weighted by Gasteiger charge is 2.26. The summed E-state index contributed by atoms with van der Waals surface area (Å²) in [5.74, 6) is 0.696. The zero-order chi connectivity index (χ0) is 19.6. The molecule has 0 unspecified atom stereocenters. The van der Waals surface area contributed by atoms with E-state index in [1.165, 1.54) is 12.1 Å². The molecule has 0 saturated carbocycles. The van der Waals surface area contributed by atoms with Gasteiger partial charge in [0.15, 0.2) is 21.3 Å². The molecule has 7 nitrogen and oxygen atoms in total. The average Bonchev–Trinajstić information content (AvgIpc) is 3.17. The molecule has 1 amide bonds. The van der Waals surface area contributed by atoms with Gasteiger partial charge in [0.25, 0.3) is 0 Å². The van der Waals surface area contributed by atoms with Crippen molar-refractivity contribution in [3.8, 4) is 11.5 Å². The highest BCUT2D eigenvalue weighted by atomic mass is 32.2. The summed E-state index contributed by atoms with van der Waals surface area (Å²) in [7, 11) is -3.61. The number of fused-ring (bicyclic) bond motifs is 1. The number of amides is 1. The summed E-state index contributed by atoms with van der Waals surface area (Å²) in [6.45, 7) is 3.45. The highest BCUT2D eigenvalue weighted by Crippen LogP contribution is 2.32. The van der Waals surface area contributed by atoms with Gasteiger partial charge in [-0.05, 0) is 29.8 Å². The van der Waals surface area contributed by atoms with Crippen LogP contribution in [0.2, 0.25) is 0 Å². The van der Waals surface area contributed by atoms with Crippen LogP contribution in [0.5, 0.6) is 11.5 Å². The normalized spacial score (nSPS) is 16.9. The third kappa shape index (κ3) is 4.13. The summed E-state index contributed by atoms with van der Waals surface area (Å²) < 4.78 is 35.5. The highest BCUT2D eigenvalue weighted by molar-refractivity contribution is 7.92. The average molecular weight is 402 g/mol. The smallest absolute Gasteiger partial charge is 0.238 e. The maximum Gasteiger partial charge on any atom is 0.238 e. The minimum absolute atomic E-state index is 0.185. The maximum absolute atomic E-state index is 12.5. The fraction of sp³-hybridized carbons (Fsp3) is 0.350. The third-order valence-electron chi connectivity index (χ3n) is 4.98. The second-order valence-corrected chi connectivity index (χ2v) is 8.91. The van der Waals surface area contributed by atoms with Crippen molar-refractivity contribution in [2.75, 3.05) is 38.7 Å². The topological polar surface area (TPSA) is 76.2 Å². The van der Waals surface area contributed by atoms with Crippen LogP contribution >= 0.6 is 0 Å². The molecule has 0 bridgehead atoms. The molecule has 148 valence electrons. The van der Waals surface area contributed by atoms with Crippen LogP contribution in [-0.2, 0) is 21.2 Å². The summed E-state index contributed by atoms with van der Waals surface area (Å²) in [6, 6.07) is 14.0. The van der Waals surface area contributed by atoms with Crippen molar-refractivity contribution in [2.24, 2.45) is 0 Å². The van der Waals surface area contributed by atoms with E-state index in [2.05, 4.69) is 4.90 Å². The minimum Gasteiger partial charge on any atom is -0.454 e. The van der Waals surface area contributed by atoms with Gasteiger partial charge in [0.2, 0.25) is 12.7 Å². The van der Waals surface area contributed by atoms with E-state index in [1.807, 2.05) is 18.2 Å². The molecule has 0 atom stereocenters. The molecule has 2 heterocycles. The van der Waals surface area contributed by atoms with Crippen LogP contribution in [0.4, 0.5) is 0 Å². The van der Waals surface area contributed by atoms with E-state index < -0.39 is 15.6 Å². The molecule has 0 radical (unpaired) electrons. The lowest BCUT2D eigenvalue weighted by molar-refractivity contribution is -0.130. The Kier molecular flexibility index (Phi) is 5.23. The van der Waals surface area contributed by atoms with Crippen LogP contribution in [0.1, 0.15) is 5.56 Å². The molecule has 2 aromatic rings. The van der Waals surface area contributed by atoms with Gasteiger partial charge < -0.3 is 14.4 Å². The molecule has 2 aromatic carbocycles. The lowest BCUT2D eigenvalue weighted by Gasteiger charge is -2.34. The predicted octanol–water partition coefficient (Wildman–Crippen LogP) is 1.53. The summed E-state index contributed by atoms with van der Waals surface area (Å²) in [5.41, 5.74) is 1.12. The van der Waals surface area contributed by atoms with E-state index >= 15 is 0 Å². The molecule has 0 aromatic heterocycles. The molecule has 1 saturated heterocycles. The number of nitrogens with zero attached hydrogens (tertiary/aromatic N) is 2. The zero-order valence-corrected chi connectivity index (χ0v) is 16.2. The standard InChI is InChI=1S/C20H22N2O5S/c23-20(14-28(24,25)17-4-2-1-3-5-17)22-10-8-21(9-11-22)13-16-6-7-18-19(12-16)27-15-26-18/h1-7,12H,8-11,13-15H2. The van der Waals surface area contributed by atoms with Crippen molar-refractivity contribution in [2.45, 2.75) is 11.4 Å². The molecule has 1 fully saturated rings. The van der Waals surface area contributed by atoms with Crippen LogP contribution in [-0.4, -0.2) is 62.8 Å². The van der Waals surface area contributed by atoms with E-state index in [-0.39, 0.29) is 17.6 Å². The molecule has 0 N–H and O–H groups in total. The van der Waals surface area contributed by atoms with Gasteiger partial charge in [-0.3, -0.25) is 9.69 Å². The van der Waals surface area contributed by atoms with Crippen LogP contribution in [0.3, 0.4) is 0 Å². The van der Waals surface area contributed by atoms with E-state index in [4.69, 9.17) is 9.47 Å². The SMILES string of the molecule is O=C(CS(=O)(=O)c1ccccc1)N1CCN(Cc2ccc3c(c2)OCO3)CC1. The first-order chi connectivity index (χ1) is 13.5. The van der Waals surface area contributed by atoms with Crippen molar-refractivity contribution >= 4 is 15.7 Å². The molecule has 2 aliphatic heterocycles. The van der Waals surface area contributed by atoms with Crippen molar-refractivity contribution in [3.05, 3.63) is 54.1 Å². The lowest BCUT2D eigenvalue weighted by Crippen LogP contribution is -2.49. The van der Waals surface area contributed by atoms with Crippen molar-refractivity contribution in [1.29, 1.82) is 0 Å². The number of hydrogen-bond acceptors (Lipinski definition) is 6. The largest absolute Gasteiger partial charge is 0.454 e. The Balaban J connectivity index is 1.31. The fourth-order valence-electron chi connectivity index (χ4n) is 3.42. The molecular weight excluding hydrogens is 380 g/mol. The van der Waals surface area contributed by atoms with Gasteiger partial charge in [-0.2, -0.15) is 0 Å². The van der Waals surface area contributed by atoms with Crippen molar-refractivity contribution in [3.63, 3.8) is 0 Å². The Labute approximate surface area is 164 Å². The number of benzene rings is 2. The first kappa shape index (κ1) is 18.8. The molecule has 28 heavy (non-hydrogen) atoms. The molecule has 2 aliphatic rings. The number of hydrogen-bond donors (Lipinski definition) is 0. The van der Waals surface area contributed by atoms with Crippen LogP contribution < -0.4 is 9.47 Å². The number of rotatable bonds is 5. The van der Waals surface area contributed by atoms with Crippen LogP contribution in [0.25, 0.3) is 0 Å². The van der Waals surface area contributed by atoms with Crippen molar-refractivity contribution in [1.82, 2.24) is 9.80 Å². The van der Waals surface area contributed by atoms with Gasteiger partial charge in [-0.15, -0.1) is 0 Å². The Morgan fingerprint density at radius 2 is 1.64 bits per heavy atom. The van der Waals surface area contributed by atoms with E-state index in [0.29, 0.717) is 26.2 Å². The summed E-state index contributed by atoms with van der Waals surface area (Å²) in [4.78, 5) is 16.5. The Hall–Kier alpha value is -2.58. The van der Waals surface area contributed by atoms with Crippen molar-refractivity contribution < 1.29 is 22.7 Å². The zero-order valence-electron chi connectivity index (χ0n) is 15.4.